The first-order valence-electron chi connectivity index (χ1n) is 9.90. The van der Waals surface area contributed by atoms with Crippen molar-refractivity contribution in [2.24, 2.45) is 0 Å². The number of halogens is 4. The van der Waals surface area contributed by atoms with E-state index in [2.05, 4.69) is 25.0 Å². The Morgan fingerprint density at radius 1 is 1.09 bits per heavy atom. The molecule has 0 unspecified atom stereocenters. The van der Waals surface area contributed by atoms with Crippen molar-refractivity contribution in [3.8, 4) is 22.8 Å². The number of nitrogens with zero attached hydrogens (tertiary/aromatic N) is 4. The van der Waals surface area contributed by atoms with Crippen molar-refractivity contribution in [2.75, 3.05) is 6.54 Å². The van der Waals surface area contributed by atoms with E-state index in [1.807, 2.05) is 31.4 Å². The van der Waals surface area contributed by atoms with Crippen LogP contribution in [0.1, 0.15) is 35.1 Å². The van der Waals surface area contributed by atoms with Crippen LogP contribution >= 0.6 is 22.9 Å². The topological polar surface area (TPSA) is 93.8 Å². The molecule has 12 heteroatoms. The lowest BCUT2D eigenvalue weighted by atomic mass is 9.94. The smallest absolute Gasteiger partial charge is 0.351 e. The minimum absolute atomic E-state index is 0.0497. The van der Waals surface area contributed by atoms with Gasteiger partial charge in [-0.3, -0.25) is 9.78 Å². The van der Waals surface area contributed by atoms with Crippen LogP contribution in [-0.2, 0) is 11.6 Å². The lowest BCUT2D eigenvalue weighted by molar-refractivity contribution is -0.159. The molecule has 0 aliphatic rings. The minimum Gasteiger partial charge on any atom is -0.351 e. The van der Waals surface area contributed by atoms with Crippen LogP contribution in [-0.4, -0.2) is 32.6 Å². The lowest BCUT2D eigenvalue weighted by Crippen LogP contribution is -2.36. The number of nitrogens with one attached hydrogen (secondary N) is 1. The molecule has 3 aromatic heterocycles. The Kier molecular flexibility index (Phi) is 6.41. The second-order valence-corrected chi connectivity index (χ2v) is 9.26. The summed E-state index contributed by atoms with van der Waals surface area (Å²) in [4.78, 5) is 24.5. The van der Waals surface area contributed by atoms with Gasteiger partial charge in [-0.25, -0.2) is 4.98 Å². The number of pyridine rings is 1. The first-order chi connectivity index (χ1) is 16.0. The van der Waals surface area contributed by atoms with E-state index in [9.17, 15) is 18.0 Å². The van der Waals surface area contributed by atoms with Gasteiger partial charge in [0.05, 0.1) is 11.3 Å². The fourth-order valence-electron chi connectivity index (χ4n) is 2.92. The molecular weight excluding hydrogens is 491 g/mol. The van der Waals surface area contributed by atoms with Crippen molar-refractivity contribution in [2.45, 2.75) is 25.4 Å². The fraction of sp³-hybridized carbons (Fsp3) is 0.227. The first kappa shape index (κ1) is 23.8. The van der Waals surface area contributed by atoms with Crippen molar-refractivity contribution >= 4 is 28.8 Å². The van der Waals surface area contributed by atoms with E-state index < -0.39 is 17.5 Å². The zero-order chi connectivity index (χ0) is 24.5. The number of hydrogen-bond donors (Lipinski definition) is 1. The highest BCUT2D eigenvalue weighted by atomic mass is 35.5. The Balaban J connectivity index is 1.40. The van der Waals surface area contributed by atoms with E-state index in [0.29, 0.717) is 11.6 Å². The summed E-state index contributed by atoms with van der Waals surface area (Å²) in [6, 6.07) is 10.2. The molecule has 0 fully saturated rings. The normalized spacial score (nSPS) is 12.1. The van der Waals surface area contributed by atoms with E-state index in [1.54, 1.807) is 12.1 Å². The van der Waals surface area contributed by atoms with E-state index in [0.717, 1.165) is 16.3 Å². The van der Waals surface area contributed by atoms with Crippen LogP contribution in [0.5, 0.6) is 0 Å². The first-order valence-corrected chi connectivity index (χ1v) is 11.2. The van der Waals surface area contributed by atoms with Gasteiger partial charge in [0.25, 0.3) is 5.91 Å². The molecule has 0 aliphatic carbocycles. The molecular formula is C22H17ClF3N5O2S. The predicted octanol–water partition coefficient (Wildman–Crippen LogP) is 5.63. The molecule has 7 nitrogen and oxygen atoms in total. The molecule has 0 bridgehead atoms. The third-order valence-corrected chi connectivity index (χ3v) is 6.30. The third-order valence-electron chi connectivity index (χ3n) is 4.84. The third kappa shape index (κ3) is 5.26. The summed E-state index contributed by atoms with van der Waals surface area (Å²) in [6.07, 6.45) is -3.51. The molecule has 176 valence electrons. The van der Waals surface area contributed by atoms with Crippen LogP contribution < -0.4 is 5.32 Å². The number of alkyl halides is 3. The number of carbonyl (C=O) groups is 1. The number of rotatable bonds is 6. The van der Waals surface area contributed by atoms with Crippen molar-refractivity contribution in [1.82, 2.24) is 25.4 Å². The van der Waals surface area contributed by atoms with E-state index >= 15 is 0 Å². The Hall–Kier alpha value is -3.31. The highest BCUT2D eigenvalue weighted by Crippen LogP contribution is 2.31. The maximum absolute atomic E-state index is 12.6. The summed E-state index contributed by atoms with van der Waals surface area (Å²) in [7, 11) is 0. The quantitative estimate of drug-likeness (QED) is 0.363. The van der Waals surface area contributed by atoms with Gasteiger partial charge in [-0.1, -0.05) is 42.7 Å². The molecule has 0 aliphatic heterocycles. The Bertz CT molecular complexity index is 1300. The van der Waals surface area contributed by atoms with Gasteiger partial charge in [-0.2, -0.15) is 18.2 Å². The van der Waals surface area contributed by atoms with Crippen LogP contribution in [0.3, 0.4) is 0 Å². The maximum Gasteiger partial charge on any atom is 0.471 e. The molecule has 0 spiro atoms. The largest absolute Gasteiger partial charge is 0.471 e. The average Bonchev–Trinajstić information content (AvgIpc) is 3.49. The van der Waals surface area contributed by atoms with Gasteiger partial charge in [-0.15, -0.1) is 11.3 Å². The Morgan fingerprint density at radius 3 is 2.44 bits per heavy atom. The number of benzene rings is 1. The van der Waals surface area contributed by atoms with Gasteiger partial charge in [-0.05, 0) is 24.3 Å². The molecule has 1 aromatic carbocycles. The van der Waals surface area contributed by atoms with Crippen LogP contribution in [0.4, 0.5) is 13.2 Å². The molecule has 0 atom stereocenters. The van der Waals surface area contributed by atoms with Crippen LogP contribution in [0, 0.1) is 0 Å². The highest BCUT2D eigenvalue weighted by molar-refractivity contribution is 7.10. The zero-order valence-electron chi connectivity index (χ0n) is 17.9. The molecule has 3 heterocycles. The van der Waals surface area contributed by atoms with Gasteiger partial charge >= 0.3 is 12.1 Å². The van der Waals surface area contributed by atoms with E-state index in [-0.39, 0.29) is 23.0 Å². The van der Waals surface area contributed by atoms with Gasteiger partial charge in [0.2, 0.25) is 5.82 Å². The van der Waals surface area contributed by atoms with Gasteiger partial charge < -0.3 is 9.84 Å². The molecule has 4 rings (SSSR count). The fourth-order valence-corrected chi connectivity index (χ4v) is 4.00. The lowest BCUT2D eigenvalue weighted by Gasteiger charge is -2.22. The molecule has 1 N–H and O–H groups in total. The van der Waals surface area contributed by atoms with Crippen molar-refractivity contribution < 1.29 is 22.5 Å². The minimum atomic E-state index is -4.75. The molecule has 0 saturated heterocycles. The number of thiazole rings is 1. The molecule has 1 amide bonds. The monoisotopic (exact) mass is 507 g/mol. The summed E-state index contributed by atoms with van der Waals surface area (Å²) in [5.41, 5.74) is 1.61. The predicted molar refractivity (Wildman–Crippen MR) is 120 cm³/mol. The molecule has 0 saturated carbocycles. The van der Waals surface area contributed by atoms with Crippen LogP contribution in [0.25, 0.3) is 22.8 Å². The van der Waals surface area contributed by atoms with Gasteiger partial charge in [0.1, 0.15) is 10.7 Å². The maximum atomic E-state index is 12.6. The average molecular weight is 508 g/mol. The van der Waals surface area contributed by atoms with Crippen LogP contribution in [0.2, 0.25) is 5.02 Å². The van der Waals surface area contributed by atoms with Crippen molar-refractivity contribution in [3.05, 3.63) is 69.5 Å². The Labute approximate surface area is 201 Å². The number of aromatic nitrogens is 4. The van der Waals surface area contributed by atoms with Gasteiger partial charge in [0, 0.05) is 34.1 Å². The van der Waals surface area contributed by atoms with Crippen molar-refractivity contribution in [3.63, 3.8) is 0 Å². The van der Waals surface area contributed by atoms with Crippen molar-refractivity contribution in [1.29, 1.82) is 0 Å². The van der Waals surface area contributed by atoms with E-state index in [1.165, 1.54) is 29.7 Å². The summed E-state index contributed by atoms with van der Waals surface area (Å²) in [6.45, 7) is 4.24. The van der Waals surface area contributed by atoms with E-state index in [4.69, 9.17) is 16.6 Å². The van der Waals surface area contributed by atoms with Crippen LogP contribution in [0.15, 0.2) is 52.5 Å². The van der Waals surface area contributed by atoms with Gasteiger partial charge in [0.15, 0.2) is 0 Å². The summed E-state index contributed by atoms with van der Waals surface area (Å²) in [5, 5.41) is 9.57. The highest BCUT2D eigenvalue weighted by Gasteiger charge is 2.38. The molecule has 34 heavy (non-hydrogen) atoms. The number of hydrogen-bond acceptors (Lipinski definition) is 7. The number of carbonyl (C=O) groups excluding carboxylic acids is 1. The summed E-state index contributed by atoms with van der Waals surface area (Å²) < 4.78 is 42.0. The second kappa shape index (κ2) is 9.15. The summed E-state index contributed by atoms with van der Waals surface area (Å²) in [5.74, 6) is -2.17. The SMILES string of the molecule is CC(C)(CNC(=O)c1ccc(-c2noc(C(F)(F)F)n2)nc1)c1nc(-c2ccc(Cl)cc2)cs1. The molecule has 4 aromatic rings. The summed E-state index contributed by atoms with van der Waals surface area (Å²) >= 11 is 7.44. The number of amides is 1. The molecule has 0 radical (unpaired) electrons. The second-order valence-electron chi connectivity index (χ2n) is 7.96. The zero-order valence-corrected chi connectivity index (χ0v) is 19.4. The Morgan fingerprint density at radius 2 is 1.82 bits per heavy atom. The standard InChI is InChI=1S/C22H17ClF3N5O2S/c1-21(2,20-29-16(10-34-20)12-3-6-14(23)7-4-12)11-28-18(32)13-5-8-15(27-9-13)17-30-19(33-31-17)22(24,25)26/h3-10H,11H2,1-2H3,(H,28,32).